The van der Waals surface area contributed by atoms with Crippen molar-refractivity contribution in [1.29, 1.82) is 0 Å². The van der Waals surface area contributed by atoms with Gasteiger partial charge in [0, 0.05) is 30.2 Å². The van der Waals surface area contributed by atoms with E-state index < -0.39 is 0 Å². The number of nitrogens with zero attached hydrogens (tertiary/aromatic N) is 3. The largest absolute Gasteiger partial charge is 0.343 e. The Kier molecular flexibility index (Phi) is 5.89. The Balaban J connectivity index is 1.69. The molecule has 22 heavy (non-hydrogen) atoms. The van der Waals surface area contributed by atoms with Crippen LogP contribution in [0.15, 0.2) is 0 Å². The van der Waals surface area contributed by atoms with Gasteiger partial charge in [-0.05, 0) is 31.9 Å². The molecule has 1 fully saturated rings. The number of thioether (sulfide) groups is 1. The summed E-state index contributed by atoms with van der Waals surface area (Å²) in [5.74, 6) is 3.53. The van der Waals surface area contributed by atoms with E-state index in [4.69, 9.17) is 0 Å². The predicted octanol–water partition coefficient (Wildman–Crippen LogP) is 3.13. The molecule has 6 heteroatoms. The Hall–Kier alpha value is -1.04. The summed E-state index contributed by atoms with van der Waals surface area (Å²) >= 11 is 1.93. The number of H-pyrrole nitrogens is 1. The minimum absolute atomic E-state index is 0.288. The third-order valence-corrected chi connectivity index (χ3v) is 5.26. The van der Waals surface area contributed by atoms with Crippen LogP contribution >= 0.6 is 11.8 Å². The average Bonchev–Trinajstić information content (AvgIpc) is 2.89. The second kappa shape index (κ2) is 7.49. The summed E-state index contributed by atoms with van der Waals surface area (Å²) in [4.78, 5) is 18.7. The van der Waals surface area contributed by atoms with Crippen molar-refractivity contribution in [1.82, 2.24) is 20.1 Å². The Morgan fingerprint density at radius 1 is 1.36 bits per heavy atom. The van der Waals surface area contributed by atoms with Crippen LogP contribution in [-0.4, -0.2) is 49.6 Å². The lowest BCUT2D eigenvalue weighted by Gasteiger charge is -2.31. The maximum absolute atomic E-state index is 12.2. The highest BCUT2D eigenvalue weighted by Gasteiger charge is 2.25. The van der Waals surface area contributed by atoms with Gasteiger partial charge in [0.05, 0.1) is 0 Å². The summed E-state index contributed by atoms with van der Waals surface area (Å²) in [7, 11) is 0. The third-order valence-electron chi connectivity index (χ3n) is 3.90. The number of aromatic amines is 1. The molecule has 1 aromatic rings. The van der Waals surface area contributed by atoms with E-state index >= 15 is 0 Å². The van der Waals surface area contributed by atoms with Crippen molar-refractivity contribution in [3.63, 3.8) is 0 Å². The van der Waals surface area contributed by atoms with Gasteiger partial charge in [0.25, 0.3) is 0 Å². The van der Waals surface area contributed by atoms with Crippen LogP contribution in [0.1, 0.15) is 64.0 Å². The molecular formula is C16H28N4OS. The van der Waals surface area contributed by atoms with E-state index in [0.717, 1.165) is 49.8 Å². The summed E-state index contributed by atoms with van der Waals surface area (Å²) in [6.45, 7) is 10.2. The van der Waals surface area contributed by atoms with E-state index in [1.807, 2.05) is 23.6 Å². The number of aryl methyl sites for hydroxylation is 1. The Morgan fingerprint density at radius 3 is 2.59 bits per heavy atom. The molecule has 2 rings (SSSR count). The molecule has 0 bridgehead atoms. The van der Waals surface area contributed by atoms with Crippen LogP contribution in [0.5, 0.6) is 0 Å². The fourth-order valence-electron chi connectivity index (χ4n) is 2.69. The van der Waals surface area contributed by atoms with Crippen LogP contribution in [-0.2, 0) is 4.79 Å². The van der Waals surface area contributed by atoms with Crippen molar-refractivity contribution in [3.8, 4) is 0 Å². The van der Waals surface area contributed by atoms with Crippen LogP contribution < -0.4 is 0 Å². The number of piperidine rings is 1. The van der Waals surface area contributed by atoms with E-state index in [9.17, 15) is 4.79 Å². The zero-order valence-electron chi connectivity index (χ0n) is 14.2. The highest BCUT2D eigenvalue weighted by Crippen LogP contribution is 2.27. The Morgan fingerprint density at radius 2 is 2.05 bits per heavy atom. The first-order valence-corrected chi connectivity index (χ1v) is 9.14. The molecule has 5 nitrogen and oxygen atoms in total. The normalized spacial score (nSPS) is 17.0. The van der Waals surface area contributed by atoms with Crippen molar-refractivity contribution < 1.29 is 4.79 Å². The molecule has 0 aliphatic carbocycles. The summed E-state index contributed by atoms with van der Waals surface area (Å²) in [6.07, 6.45) is 3.59. The molecule has 124 valence electrons. The molecule has 1 N–H and O–H groups in total. The van der Waals surface area contributed by atoms with E-state index in [-0.39, 0.29) is 4.75 Å². The molecule has 0 radical (unpaired) electrons. The summed E-state index contributed by atoms with van der Waals surface area (Å²) in [6, 6.07) is 0. The van der Waals surface area contributed by atoms with Crippen molar-refractivity contribution in [2.75, 3.05) is 18.8 Å². The van der Waals surface area contributed by atoms with Gasteiger partial charge in [-0.3, -0.25) is 9.89 Å². The van der Waals surface area contributed by atoms with Gasteiger partial charge in [-0.1, -0.05) is 20.8 Å². The first kappa shape index (κ1) is 17.3. The molecule has 0 saturated carbocycles. The molecule has 0 unspecified atom stereocenters. The molecule has 0 spiro atoms. The van der Waals surface area contributed by atoms with Crippen LogP contribution in [0.2, 0.25) is 0 Å². The zero-order valence-corrected chi connectivity index (χ0v) is 15.0. The second-order valence-electron chi connectivity index (χ2n) is 7.00. The number of carbonyl (C=O) groups is 1. The van der Waals surface area contributed by atoms with Gasteiger partial charge in [0.2, 0.25) is 5.91 Å². The molecule has 1 amide bonds. The van der Waals surface area contributed by atoms with E-state index in [1.54, 1.807) is 0 Å². The summed E-state index contributed by atoms with van der Waals surface area (Å²) in [5.41, 5.74) is 0. The molecule has 0 aromatic carbocycles. The van der Waals surface area contributed by atoms with Crippen molar-refractivity contribution in [3.05, 3.63) is 11.6 Å². The first-order valence-electron chi connectivity index (χ1n) is 8.16. The number of aromatic nitrogens is 3. The summed E-state index contributed by atoms with van der Waals surface area (Å²) in [5, 5.41) is 7.15. The highest BCUT2D eigenvalue weighted by molar-refractivity contribution is 8.00. The van der Waals surface area contributed by atoms with Crippen LogP contribution in [0.3, 0.4) is 0 Å². The van der Waals surface area contributed by atoms with Crippen molar-refractivity contribution in [2.45, 2.75) is 64.0 Å². The third kappa shape index (κ3) is 5.30. The molecule has 1 saturated heterocycles. The van der Waals surface area contributed by atoms with Crippen molar-refractivity contribution in [2.24, 2.45) is 0 Å². The van der Waals surface area contributed by atoms with Gasteiger partial charge in [0.1, 0.15) is 5.82 Å². The first-order chi connectivity index (χ1) is 10.3. The van der Waals surface area contributed by atoms with Gasteiger partial charge in [-0.2, -0.15) is 16.9 Å². The van der Waals surface area contributed by atoms with Gasteiger partial charge >= 0.3 is 0 Å². The lowest BCUT2D eigenvalue weighted by molar-refractivity contribution is -0.132. The predicted molar refractivity (Wildman–Crippen MR) is 91.1 cm³/mol. The highest BCUT2D eigenvalue weighted by atomic mass is 32.2. The fraction of sp³-hybridized carbons (Fsp3) is 0.812. The fourth-order valence-corrected chi connectivity index (χ4v) is 3.59. The zero-order chi connectivity index (χ0) is 16.2. The average molecular weight is 324 g/mol. The minimum Gasteiger partial charge on any atom is -0.343 e. The number of hydrogen-bond donors (Lipinski definition) is 1. The number of rotatable bonds is 5. The SMILES string of the molecule is Cc1nc(C2CCN(C(=O)CCCSC(C)(C)C)CC2)n[nH]1. The van der Waals surface area contributed by atoms with E-state index in [2.05, 4.69) is 36.0 Å². The number of nitrogens with one attached hydrogen (secondary N) is 1. The standard InChI is InChI=1S/C16H28N4OS/c1-12-17-15(19-18-12)13-7-9-20(10-8-13)14(21)6-5-11-22-16(2,3)4/h13H,5-11H2,1-4H3,(H,17,18,19). The monoisotopic (exact) mass is 324 g/mol. The van der Waals surface area contributed by atoms with Gasteiger partial charge in [-0.25, -0.2) is 4.98 Å². The smallest absolute Gasteiger partial charge is 0.222 e. The lowest BCUT2D eigenvalue weighted by atomic mass is 9.96. The maximum atomic E-state index is 12.2. The van der Waals surface area contributed by atoms with Crippen LogP contribution in [0.25, 0.3) is 0 Å². The maximum Gasteiger partial charge on any atom is 0.222 e. The van der Waals surface area contributed by atoms with Gasteiger partial charge < -0.3 is 4.90 Å². The quantitative estimate of drug-likeness (QED) is 0.845. The summed E-state index contributed by atoms with van der Waals surface area (Å²) < 4.78 is 0.288. The van der Waals surface area contributed by atoms with Crippen molar-refractivity contribution >= 4 is 17.7 Å². The van der Waals surface area contributed by atoms with E-state index in [0.29, 0.717) is 18.2 Å². The Bertz CT molecular complexity index is 487. The topological polar surface area (TPSA) is 61.9 Å². The number of carbonyl (C=O) groups excluding carboxylic acids is 1. The van der Waals surface area contributed by atoms with Crippen LogP contribution in [0, 0.1) is 6.92 Å². The second-order valence-corrected chi connectivity index (χ2v) is 8.92. The minimum atomic E-state index is 0.288. The van der Waals surface area contributed by atoms with E-state index in [1.165, 1.54) is 0 Å². The number of amides is 1. The van der Waals surface area contributed by atoms with Crippen LogP contribution in [0.4, 0.5) is 0 Å². The van der Waals surface area contributed by atoms with Gasteiger partial charge in [0.15, 0.2) is 5.82 Å². The molecule has 0 atom stereocenters. The molecule has 1 aromatic heterocycles. The Labute approximate surface area is 137 Å². The molecule has 1 aliphatic heterocycles. The molecule has 2 heterocycles. The number of hydrogen-bond acceptors (Lipinski definition) is 4. The van der Waals surface area contributed by atoms with Gasteiger partial charge in [-0.15, -0.1) is 0 Å². The lowest BCUT2D eigenvalue weighted by Crippen LogP contribution is -2.38. The molecule has 1 aliphatic rings. The molecular weight excluding hydrogens is 296 g/mol. The number of likely N-dealkylation sites (tertiary alicyclic amines) is 1.